The molecule has 4 aromatic rings. The molecule has 2 heterocycles. The van der Waals surface area contributed by atoms with Crippen LogP contribution in [0.15, 0.2) is 71.6 Å². The van der Waals surface area contributed by atoms with Crippen molar-refractivity contribution in [3.8, 4) is 11.5 Å². The first-order chi connectivity index (χ1) is 18.4. The quantitative estimate of drug-likeness (QED) is 0.313. The molecule has 0 radical (unpaired) electrons. The molecule has 3 aromatic carbocycles. The Morgan fingerprint density at radius 3 is 2.42 bits per heavy atom. The second kappa shape index (κ2) is 11.0. The number of nitrogens with one attached hydrogen (secondary N) is 1. The minimum atomic E-state index is -3.80. The van der Waals surface area contributed by atoms with E-state index in [9.17, 15) is 13.2 Å². The molecule has 1 atom stereocenters. The maximum absolute atomic E-state index is 13.7. The topological polar surface area (TPSA) is 107 Å². The number of aromatic nitrogens is 1. The third kappa shape index (κ3) is 5.59. The number of carbonyl (C=O) groups excluding carboxylic acids is 1. The van der Waals surface area contributed by atoms with Crippen LogP contribution < -0.4 is 19.1 Å². The lowest BCUT2D eigenvalue weighted by Gasteiger charge is -2.23. The van der Waals surface area contributed by atoms with E-state index in [2.05, 4.69) is 4.72 Å². The Bertz CT molecular complexity index is 1530. The lowest BCUT2D eigenvalue weighted by Crippen LogP contribution is -2.37. The summed E-state index contributed by atoms with van der Waals surface area (Å²) in [6.07, 6.45) is 1.75. The molecule has 0 bridgehead atoms. The first-order valence-corrected chi connectivity index (χ1v) is 14.3. The predicted octanol–water partition coefficient (Wildman–Crippen LogP) is 4.94. The third-order valence-corrected chi connectivity index (χ3v) is 8.68. The van der Waals surface area contributed by atoms with Gasteiger partial charge >= 0.3 is 0 Å². The maximum atomic E-state index is 13.7. The van der Waals surface area contributed by atoms with Crippen molar-refractivity contribution in [1.29, 1.82) is 0 Å². The van der Waals surface area contributed by atoms with Crippen LogP contribution in [-0.2, 0) is 14.8 Å². The summed E-state index contributed by atoms with van der Waals surface area (Å²) in [4.78, 5) is 20.1. The summed E-state index contributed by atoms with van der Waals surface area (Å²) in [5.41, 5.74) is 1.50. The molecule has 5 rings (SSSR count). The summed E-state index contributed by atoms with van der Waals surface area (Å²) in [5.74, 6) is 1.02. The molecule has 1 aliphatic rings. The lowest BCUT2D eigenvalue weighted by atomic mass is 10.1. The smallest absolute Gasteiger partial charge is 0.261 e. The summed E-state index contributed by atoms with van der Waals surface area (Å²) in [6.45, 7) is 1.05. The van der Waals surface area contributed by atoms with Crippen LogP contribution in [0.3, 0.4) is 0 Å². The first-order valence-electron chi connectivity index (χ1n) is 12.0. The molecule has 0 aliphatic carbocycles. The average Bonchev–Trinajstić information content (AvgIpc) is 3.61. The largest absolute Gasteiger partial charge is 0.497 e. The number of nitrogens with zero attached hydrogens (tertiary/aromatic N) is 2. The van der Waals surface area contributed by atoms with E-state index in [1.54, 1.807) is 48.4 Å². The van der Waals surface area contributed by atoms with Gasteiger partial charge in [-0.2, -0.15) is 0 Å². The Balaban J connectivity index is 1.38. The molecular formula is C27H27N3O6S2. The Kier molecular flexibility index (Phi) is 7.50. The predicted molar refractivity (Wildman–Crippen MR) is 147 cm³/mol. The van der Waals surface area contributed by atoms with Crippen LogP contribution in [0.1, 0.15) is 23.2 Å². The minimum absolute atomic E-state index is 0.0731. The van der Waals surface area contributed by atoms with Gasteiger partial charge in [0.1, 0.15) is 11.5 Å². The number of sulfonamides is 1. The van der Waals surface area contributed by atoms with E-state index in [1.165, 1.54) is 30.6 Å². The van der Waals surface area contributed by atoms with Gasteiger partial charge in [0.15, 0.2) is 5.13 Å². The Hall–Kier alpha value is -3.67. The second-order valence-electron chi connectivity index (χ2n) is 8.74. The zero-order valence-electron chi connectivity index (χ0n) is 20.9. The van der Waals surface area contributed by atoms with Crippen LogP contribution in [0.4, 0.5) is 10.8 Å². The zero-order chi connectivity index (χ0) is 26.7. The van der Waals surface area contributed by atoms with Crippen molar-refractivity contribution in [3.05, 3.63) is 72.3 Å². The molecule has 1 aromatic heterocycles. The van der Waals surface area contributed by atoms with Crippen LogP contribution in [0.25, 0.3) is 10.2 Å². The molecule has 1 amide bonds. The van der Waals surface area contributed by atoms with Gasteiger partial charge in [0, 0.05) is 23.9 Å². The molecule has 1 N–H and O–H groups in total. The minimum Gasteiger partial charge on any atom is -0.497 e. The molecule has 198 valence electrons. The number of rotatable bonds is 9. The van der Waals surface area contributed by atoms with Crippen molar-refractivity contribution < 1.29 is 27.4 Å². The Morgan fingerprint density at radius 2 is 1.76 bits per heavy atom. The lowest BCUT2D eigenvalue weighted by molar-refractivity contribution is 0.0917. The number of fused-ring (bicyclic) bond motifs is 1. The number of ether oxygens (including phenoxy) is 3. The first kappa shape index (κ1) is 26.0. The number of hydrogen-bond acceptors (Lipinski definition) is 8. The van der Waals surface area contributed by atoms with Crippen molar-refractivity contribution in [3.63, 3.8) is 0 Å². The van der Waals surface area contributed by atoms with E-state index in [0.29, 0.717) is 41.0 Å². The highest BCUT2D eigenvalue weighted by Crippen LogP contribution is 2.33. The fraction of sp³-hybridized carbons (Fsp3) is 0.259. The molecule has 9 nitrogen and oxygen atoms in total. The van der Waals surface area contributed by atoms with E-state index >= 15 is 0 Å². The van der Waals surface area contributed by atoms with Crippen LogP contribution in [0.2, 0.25) is 0 Å². The molecule has 38 heavy (non-hydrogen) atoms. The van der Waals surface area contributed by atoms with Crippen LogP contribution in [0.5, 0.6) is 11.5 Å². The van der Waals surface area contributed by atoms with Gasteiger partial charge in [0.25, 0.3) is 15.9 Å². The van der Waals surface area contributed by atoms with Crippen molar-refractivity contribution in [2.75, 3.05) is 37.0 Å². The number of benzene rings is 3. The maximum Gasteiger partial charge on any atom is 0.261 e. The Morgan fingerprint density at radius 1 is 1.05 bits per heavy atom. The van der Waals surface area contributed by atoms with Gasteiger partial charge in [0.2, 0.25) is 0 Å². The fourth-order valence-corrected chi connectivity index (χ4v) is 6.20. The number of thiazole rings is 1. The highest BCUT2D eigenvalue weighted by molar-refractivity contribution is 7.92. The van der Waals surface area contributed by atoms with Gasteiger partial charge in [-0.1, -0.05) is 11.3 Å². The van der Waals surface area contributed by atoms with Crippen molar-refractivity contribution in [1.82, 2.24) is 4.98 Å². The summed E-state index contributed by atoms with van der Waals surface area (Å²) in [6, 6.07) is 18.1. The molecule has 1 saturated heterocycles. The molecule has 1 unspecified atom stereocenters. The third-order valence-electron chi connectivity index (χ3n) is 6.22. The number of hydrogen-bond donors (Lipinski definition) is 1. The van der Waals surface area contributed by atoms with Gasteiger partial charge in [-0.05, 0) is 73.5 Å². The van der Waals surface area contributed by atoms with E-state index in [0.717, 1.165) is 23.1 Å². The van der Waals surface area contributed by atoms with Gasteiger partial charge in [-0.3, -0.25) is 14.4 Å². The fourth-order valence-electron chi connectivity index (χ4n) is 4.18. The summed E-state index contributed by atoms with van der Waals surface area (Å²) in [5, 5.41) is 0.568. The van der Waals surface area contributed by atoms with E-state index in [4.69, 9.17) is 19.2 Å². The molecule has 1 fully saturated rings. The molecule has 0 saturated carbocycles. The van der Waals surface area contributed by atoms with E-state index in [1.807, 2.05) is 18.2 Å². The monoisotopic (exact) mass is 553 g/mol. The van der Waals surface area contributed by atoms with Crippen molar-refractivity contribution in [2.24, 2.45) is 0 Å². The van der Waals surface area contributed by atoms with Crippen molar-refractivity contribution >= 4 is 48.3 Å². The molecule has 0 spiro atoms. The average molecular weight is 554 g/mol. The highest BCUT2D eigenvalue weighted by atomic mass is 32.2. The summed E-state index contributed by atoms with van der Waals surface area (Å²) < 4.78 is 45.3. The number of carbonyl (C=O) groups is 1. The number of methoxy groups -OCH3 is 2. The molecule has 11 heteroatoms. The normalized spacial score (nSPS) is 15.4. The van der Waals surface area contributed by atoms with Crippen LogP contribution >= 0.6 is 11.3 Å². The Labute approximate surface area is 225 Å². The van der Waals surface area contributed by atoms with Crippen molar-refractivity contribution in [2.45, 2.75) is 23.8 Å². The van der Waals surface area contributed by atoms with Gasteiger partial charge in [-0.25, -0.2) is 13.4 Å². The number of amides is 1. The van der Waals surface area contributed by atoms with Gasteiger partial charge in [-0.15, -0.1) is 0 Å². The second-order valence-corrected chi connectivity index (χ2v) is 11.4. The van der Waals surface area contributed by atoms with Crippen LogP contribution in [0, 0.1) is 0 Å². The number of anilines is 2. The van der Waals surface area contributed by atoms with Gasteiger partial charge < -0.3 is 14.2 Å². The SMILES string of the molecule is COc1ccc(S(=O)(=O)Nc2ccc(C(=O)N(CC3CCCO3)c3nc4cc(OC)ccc4s3)cc2)cc1. The molecular weight excluding hydrogens is 526 g/mol. The summed E-state index contributed by atoms with van der Waals surface area (Å²) >= 11 is 1.42. The zero-order valence-corrected chi connectivity index (χ0v) is 22.6. The summed E-state index contributed by atoms with van der Waals surface area (Å²) in [7, 11) is -0.689. The highest BCUT2D eigenvalue weighted by Gasteiger charge is 2.27. The van der Waals surface area contributed by atoms with E-state index in [-0.39, 0.29) is 16.9 Å². The molecule has 1 aliphatic heterocycles. The van der Waals surface area contributed by atoms with E-state index < -0.39 is 10.0 Å². The standard InChI is InChI=1S/C27H27N3O6S2/c1-34-20-9-12-23(13-10-20)38(32,33)29-19-7-5-18(6-8-19)26(31)30(17-22-4-3-15-36-22)27-28-24-16-21(35-2)11-14-25(24)37-27/h5-14,16,22,29H,3-4,15,17H2,1-2H3. The van der Waals surface area contributed by atoms with Crippen LogP contribution in [-0.4, -0.2) is 52.8 Å². The van der Waals surface area contributed by atoms with Gasteiger partial charge in [0.05, 0.1) is 42.0 Å².